The van der Waals surface area contributed by atoms with Gasteiger partial charge in [0.1, 0.15) is 0 Å². The standard InChI is InChI=1S/C16H30N2O/c1-13(17)14-6-10-18(11-14)12-15-5-9-16(19-15)7-3-2-4-8-16/h13-15H,2-12,17H2,1H3. The SMILES string of the molecule is CC(N)C1CCN(CC2CCC3(CCCCC3)O2)C1. The molecule has 19 heavy (non-hydrogen) atoms. The monoisotopic (exact) mass is 266 g/mol. The summed E-state index contributed by atoms with van der Waals surface area (Å²) in [7, 11) is 0. The van der Waals surface area contributed by atoms with E-state index in [1.54, 1.807) is 0 Å². The van der Waals surface area contributed by atoms with Crippen LogP contribution in [0, 0.1) is 5.92 Å². The highest BCUT2D eigenvalue weighted by Gasteiger charge is 2.41. The maximum atomic E-state index is 6.47. The Hall–Kier alpha value is -0.120. The third-order valence-electron chi connectivity index (χ3n) is 5.62. The minimum Gasteiger partial charge on any atom is -0.370 e. The van der Waals surface area contributed by atoms with Crippen LogP contribution in [0.2, 0.25) is 0 Å². The van der Waals surface area contributed by atoms with E-state index in [1.165, 1.54) is 64.5 Å². The molecule has 2 saturated heterocycles. The highest BCUT2D eigenvalue weighted by Crippen LogP contribution is 2.42. The van der Waals surface area contributed by atoms with Crippen molar-refractivity contribution in [3.63, 3.8) is 0 Å². The fourth-order valence-corrected chi connectivity index (χ4v) is 4.33. The van der Waals surface area contributed by atoms with Gasteiger partial charge in [0.25, 0.3) is 0 Å². The molecule has 3 heteroatoms. The molecule has 2 N–H and O–H groups in total. The van der Waals surface area contributed by atoms with Crippen molar-refractivity contribution < 1.29 is 4.74 Å². The molecule has 110 valence electrons. The van der Waals surface area contributed by atoms with Crippen molar-refractivity contribution in [3.05, 3.63) is 0 Å². The molecule has 3 atom stereocenters. The predicted molar refractivity (Wildman–Crippen MR) is 78.1 cm³/mol. The Balaban J connectivity index is 1.47. The second-order valence-electron chi connectivity index (χ2n) is 7.19. The van der Waals surface area contributed by atoms with Gasteiger partial charge in [0.05, 0.1) is 11.7 Å². The Kier molecular flexibility index (Phi) is 4.16. The van der Waals surface area contributed by atoms with Gasteiger partial charge in [-0.05, 0) is 51.5 Å². The molecule has 0 aromatic carbocycles. The second kappa shape index (κ2) is 5.71. The van der Waals surface area contributed by atoms with Crippen LogP contribution in [-0.2, 0) is 4.74 Å². The Labute approximate surface area is 117 Å². The van der Waals surface area contributed by atoms with Gasteiger partial charge < -0.3 is 15.4 Å². The van der Waals surface area contributed by atoms with Crippen LogP contribution in [0.25, 0.3) is 0 Å². The zero-order chi connectivity index (χ0) is 13.3. The number of nitrogens with two attached hydrogens (primary N) is 1. The summed E-state index contributed by atoms with van der Waals surface area (Å²) in [4.78, 5) is 2.58. The number of hydrogen-bond acceptors (Lipinski definition) is 3. The van der Waals surface area contributed by atoms with Crippen LogP contribution in [0.15, 0.2) is 0 Å². The first-order chi connectivity index (χ1) is 9.17. The molecule has 1 aliphatic carbocycles. The third kappa shape index (κ3) is 3.14. The van der Waals surface area contributed by atoms with Crippen LogP contribution >= 0.6 is 0 Å². The fraction of sp³-hybridized carbons (Fsp3) is 1.00. The smallest absolute Gasteiger partial charge is 0.0710 e. The molecule has 3 rings (SSSR count). The zero-order valence-electron chi connectivity index (χ0n) is 12.4. The van der Waals surface area contributed by atoms with Crippen LogP contribution < -0.4 is 5.73 Å². The molecule has 1 saturated carbocycles. The molecule has 3 aliphatic rings. The molecular weight excluding hydrogens is 236 g/mol. The maximum absolute atomic E-state index is 6.47. The number of rotatable bonds is 3. The van der Waals surface area contributed by atoms with Crippen LogP contribution in [0.3, 0.4) is 0 Å². The highest BCUT2D eigenvalue weighted by atomic mass is 16.5. The van der Waals surface area contributed by atoms with Crippen molar-refractivity contribution in [3.8, 4) is 0 Å². The summed E-state index contributed by atoms with van der Waals surface area (Å²) in [6.45, 7) is 5.70. The summed E-state index contributed by atoms with van der Waals surface area (Å²) in [5.41, 5.74) is 6.30. The normalized spacial score (nSPS) is 36.9. The average molecular weight is 266 g/mol. The number of hydrogen-bond donors (Lipinski definition) is 1. The third-order valence-corrected chi connectivity index (χ3v) is 5.62. The summed E-state index contributed by atoms with van der Waals surface area (Å²) >= 11 is 0. The van der Waals surface area contributed by atoms with Crippen molar-refractivity contribution in [2.45, 2.75) is 76.0 Å². The number of ether oxygens (including phenoxy) is 1. The lowest BCUT2D eigenvalue weighted by Gasteiger charge is -2.34. The topological polar surface area (TPSA) is 38.5 Å². The number of nitrogens with zero attached hydrogens (tertiary/aromatic N) is 1. The van der Waals surface area contributed by atoms with E-state index in [1.807, 2.05) is 0 Å². The minimum absolute atomic E-state index is 0.281. The van der Waals surface area contributed by atoms with Gasteiger partial charge in [0.15, 0.2) is 0 Å². The van der Waals surface area contributed by atoms with Gasteiger partial charge in [-0.3, -0.25) is 0 Å². The molecule has 2 aliphatic heterocycles. The summed E-state index contributed by atoms with van der Waals surface area (Å²) in [6, 6.07) is 0.346. The molecule has 1 spiro atoms. The van der Waals surface area contributed by atoms with Crippen molar-refractivity contribution in [2.24, 2.45) is 11.7 Å². The van der Waals surface area contributed by atoms with E-state index in [-0.39, 0.29) is 5.60 Å². The van der Waals surface area contributed by atoms with Crippen LogP contribution in [0.4, 0.5) is 0 Å². The molecule has 0 bridgehead atoms. The lowest BCUT2D eigenvalue weighted by molar-refractivity contribution is -0.0706. The van der Waals surface area contributed by atoms with E-state index < -0.39 is 0 Å². The summed E-state index contributed by atoms with van der Waals surface area (Å²) in [5, 5.41) is 0. The Bertz CT molecular complexity index is 299. The van der Waals surface area contributed by atoms with Gasteiger partial charge in [-0.1, -0.05) is 19.3 Å². The maximum Gasteiger partial charge on any atom is 0.0710 e. The van der Waals surface area contributed by atoms with Crippen molar-refractivity contribution in [2.75, 3.05) is 19.6 Å². The lowest BCUT2D eigenvalue weighted by Crippen LogP contribution is -2.36. The second-order valence-corrected chi connectivity index (χ2v) is 7.19. The van der Waals surface area contributed by atoms with E-state index in [4.69, 9.17) is 10.5 Å². The van der Waals surface area contributed by atoms with E-state index in [9.17, 15) is 0 Å². The molecule has 2 heterocycles. The average Bonchev–Trinajstić information content (AvgIpc) is 2.99. The van der Waals surface area contributed by atoms with E-state index in [2.05, 4.69) is 11.8 Å². The van der Waals surface area contributed by atoms with Gasteiger partial charge in [-0.2, -0.15) is 0 Å². The Morgan fingerprint density at radius 1 is 1.21 bits per heavy atom. The van der Waals surface area contributed by atoms with E-state index in [0.717, 1.165) is 6.54 Å². The zero-order valence-corrected chi connectivity index (χ0v) is 12.4. The molecule has 0 radical (unpaired) electrons. The van der Waals surface area contributed by atoms with Gasteiger partial charge >= 0.3 is 0 Å². The summed E-state index contributed by atoms with van der Waals surface area (Å²) < 4.78 is 6.47. The Morgan fingerprint density at radius 3 is 2.68 bits per heavy atom. The summed E-state index contributed by atoms with van der Waals surface area (Å²) in [6.07, 6.45) is 11.1. The van der Waals surface area contributed by atoms with Crippen LogP contribution in [0.1, 0.15) is 58.3 Å². The van der Waals surface area contributed by atoms with Crippen LogP contribution in [0.5, 0.6) is 0 Å². The van der Waals surface area contributed by atoms with Gasteiger partial charge in [-0.15, -0.1) is 0 Å². The molecule has 3 unspecified atom stereocenters. The quantitative estimate of drug-likeness (QED) is 0.853. The fourth-order valence-electron chi connectivity index (χ4n) is 4.33. The van der Waals surface area contributed by atoms with Crippen molar-refractivity contribution in [1.82, 2.24) is 4.90 Å². The molecule has 0 aromatic heterocycles. The van der Waals surface area contributed by atoms with Gasteiger partial charge in [-0.25, -0.2) is 0 Å². The van der Waals surface area contributed by atoms with E-state index >= 15 is 0 Å². The minimum atomic E-state index is 0.281. The van der Waals surface area contributed by atoms with E-state index in [0.29, 0.717) is 18.1 Å². The van der Waals surface area contributed by atoms with Gasteiger partial charge in [0.2, 0.25) is 0 Å². The first-order valence-electron chi connectivity index (χ1n) is 8.33. The first kappa shape index (κ1) is 13.8. The largest absolute Gasteiger partial charge is 0.370 e. The van der Waals surface area contributed by atoms with Crippen molar-refractivity contribution in [1.29, 1.82) is 0 Å². The van der Waals surface area contributed by atoms with Gasteiger partial charge in [0, 0.05) is 19.1 Å². The molecule has 3 fully saturated rings. The Morgan fingerprint density at radius 2 is 2.00 bits per heavy atom. The highest BCUT2D eigenvalue weighted by molar-refractivity contribution is 4.93. The summed E-state index contributed by atoms with van der Waals surface area (Å²) in [5.74, 6) is 0.699. The predicted octanol–water partition coefficient (Wildman–Crippen LogP) is 2.54. The lowest BCUT2D eigenvalue weighted by atomic mass is 9.83. The molecule has 3 nitrogen and oxygen atoms in total. The molecular formula is C16H30N2O. The van der Waals surface area contributed by atoms with Crippen molar-refractivity contribution >= 4 is 0 Å². The van der Waals surface area contributed by atoms with Crippen LogP contribution in [-0.4, -0.2) is 42.3 Å². The molecule has 0 aromatic rings. The number of likely N-dealkylation sites (tertiary alicyclic amines) is 1. The first-order valence-corrected chi connectivity index (χ1v) is 8.33. The molecule has 0 amide bonds.